The Kier molecular flexibility index (Phi) is 5.33. The maximum Gasteiger partial charge on any atom is 0.245 e. The van der Waals surface area contributed by atoms with E-state index in [4.69, 9.17) is 5.73 Å². The lowest BCUT2D eigenvalue weighted by atomic mass is 10.1. The molecule has 15 heavy (non-hydrogen) atoms. The first-order chi connectivity index (χ1) is 7.03. The van der Waals surface area contributed by atoms with Gasteiger partial charge in [-0.05, 0) is 18.6 Å². The van der Waals surface area contributed by atoms with Gasteiger partial charge in [0, 0.05) is 6.54 Å². The molecule has 0 aliphatic rings. The molecule has 84 valence electrons. The van der Waals surface area contributed by atoms with Gasteiger partial charge in [-0.15, -0.1) is 0 Å². The number of hydrogen-bond acceptors (Lipinski definition) is 3. The quantitative estimate of drug-likeness (QED) is 0.415. The summed E-state index contributed by atoms with van der Waals surface area (Å²) in [6, 6.07) is 0. The predicted octanol–water partition coefficient (Wildman–Crippen LogP) is -0.344. The molecule has 0 radical (unpaired) electrons. The van der Waals surface area contributed by atoms with Crippen molar-refractivity contribution in [1.29, 1.82) is 0 Å². The molecule has 0 aromatic carbocycles. The van der Waals surface area contributed by atoms with E-state index in [0.717, 1.165) is 12.2 Å². The first kappa shape index (κ1) is 13.4. The Morgan fingerprint density at radius 2 is 1.67 bits per heavy atom. The third-order valence-electron chi connectivity index (χ3n) is 2.05. The van der Waals surface area contributed by atoms with Gasteiger partial charge in [0.2, 0.25) is 11.8 Å². The highest BCUT2D eigenvalue weighted by molar-refractivity contribution is 5.90. The van der Waals surface area contributed by atoms with Gasteiger partial charge in [0.05, 0.1) is 0 Å². The Labute approximate surface area is 89.4 Å². The van der Waals surface area contributed by atoms with E-state index in [2.05, 4.69) is 23.8 Å². The summed E-state index contributed by atoms with van der Waals surface area (Å²) in [6.07, 6.45) is 2.73. The second-order valence-electron chi connectivity index (χ2n) is 3.03. The van der Waals surface area contributed by atoms with Gasteiger partial charge >= 0.3 is 0 Å². The van der Waals surface area contributed by atoms with Crippen molar-refractivity contribution in [2.45, 2.75) is 19.0 Å². The normalized spacial score (nSPS) is 10.3. The predicted molar refractivity (Wildman–Crippen MR) is 58.8 cm³/mol. The third-order valence-corrected chi connectivity index (χ3v) is 2.05. The summed E-state index contributed by atoms with van der Waals surface area (Å²) in [4.78, 5) is 22.3. The molecule has 0 bridgehead atoms. The SMILES string of the molecule is C=CC(=O)NC(CC)(CN)NC(=O)C=C. The van der Waals surface area contributed by atoms with Crippen molar-refractivity contribution in [1.82, 2.24) is 10.6 Å². The fraction of sp³-hybridized carbons (Fsp3) is 0.400. The van der Waals surface area contributed by atoms with E-state index in [9.17, 15) is 9.59 Å². The van der Waals surface area contributed by atoms with Crippen LogP contribution in [0, 0.1) is 0 Å². The number of amides is 2. The maximum absolute atomic E-state index is 11.2. The lowest BCUT2D eigenvalue weighted by molar-refractivity contribution is -0.122. The van der Waals surface area contributed by atoms with Gasteiger partial charge in [0.15, 0.2) is 0 Å². The van der Waals surface area contributed by atoms with Crippen molar-refractivity contribution in [2.75, 3.05) is 6.54 Å². The third kappa shape index (κ3) is 3.95. The van der Waals surface area contributed by atoms with Crippen LogP contribution in [0.1, 0.15) is 13.3 Å². The van der Waals surface area contributed by atoms with Gasteiger partial charge in [-0.3, -0.25) is 9.59 Å². The van der Waals surface area contributed by atoms with Crippen LogP contribution < -0.4 is 16.4 Å². The summed E-state index contributed by atoms with van der Waals surface area (Å²) >= 11 is 0. The molecule has 5 heteroatoms. The molecule has 0 aliphatic heterocycles. The monoisotopic (exact) mass is 211 g/mol. The molecule has 0 saturated heterocycles. The molecule has 0 heterocycles. The Morgan fingerprint density at radius 3 is 1.87 bits per heavy atom. The average molecular weight is 211 g/mol. The molecule has 0 saturated carbocycles. The molecule has 4 N–H and O–H groups in total. The second kappa shape index (κ2) is 5.98. The van der Waals surface area contributed by atoms with Crippen LogP contribution in [-0.2, 0) is 9.59 Å². The van der Waals surface area contributed by atoms with Gasteiger partial charge in [-0.1, -0.05) is 20.1 Å². The zero-order valence-electron chi connectivity index (χ0n) is 8.88. The zero-order chi connectivity index (χ0) is 11.9. The first-order valence-corrected chi connectivity index (χ1v) is 4.62. The molecule has 0 fully saturated rings. The van der Waals surface area contributed by atoms with Crippen molar-refractivity contribution in [3.05, 3.63) is 25.3 Å². The van der Waals surface area contributed by atoms with Crippen LogP contribution in [0.5, 0.6) is 0 Å². The molecule has 0 atom stereocenters. The first-order valence-electron chi connectivity index (χ1n) is 4.62. The highest BCUT2D eigenvalue weighted by Crippen LogP contribution is 2.04. The number of nitrogens with two attached hydrogens (primary N) is 1. The highest BCUT2D eigenvalue weighted by Gasteiger charge is 2.28. The van der Waals surface area contributed by atoms with Gasteiger partial charge in [-0.25, -0.2) is 0 Å². The standard InChI is InChI=1S/C10H17N3O2/c1-4-8(14)12-10(6-3,7-11)13-9(15)5-2/h4-5H,1-2,6-7,11H2,3H3,(H,12,14)(H,13,15). The van der Waals surface area contributed by atoms with Gasteiger partial charge < -0.3 is 16.4 Å². The Morgan fingerprint density at radius 1 is 1.27 bits per heavy atom. The molecule has 5 nitrogen and oxygen atoms in total. The van der Waals surface area contributed by atoms with E-state index < -0.39 is 5.66 Å². The molecular weight excluding hydrogens is 194 g/mol. The summed E-state index contributed by atoms with van der Waals surface area (Å²) in [5, 5.41) is 5.17. The zero-order valence-corrected chi connectivity index (χ0v) is 8.88. The topological polar surface area (TPSA) is 84.2 Å². The molecule has 0 rings (SSSR count). The van der Waals surface area contributed by atoms with Crippen molar-refractivity contribution < 1.29 is 9.59 Å². The Balaban J connectivity index is 4.70. The van der Waals surface area contributed by atoms with E-state index in [0.29, 0.717) is 6.42 Å². The molecule has 2 amide bonds. The smallest absolute Gasteiger partial charge is 0.245 e. The second-order valence-corrected chi connectivity index (χ2v) is 3.03. The number of nitrogens with one attached hydrogen (secondary N) is 2. The number of hydrogen-bond donors (Lipinski definition) is 3. The van der Waals surface area contributed by atoms with Crippen LogP contribution in [-0.4, -0.2) is 24.0 Å². The molecule has 0 aliphatic carbocycles. The van der Waals surface area contributed by atoms with Gasteiger partial charge in [-0.2, -0.15) is 0 Å². The Bertz CT molecular complexity index is 246. The largest absolute Gasteiger partial charge is 0.329 e. The van der Waals surface area contributed by atoms with Gasteiger partial charge in [0.1, 0.15) is 5.66 Å². The van der Waals surface area contributed by atoms with E-state index in [-0.39, 0.29) is 18.4 Å². The van der Waals surface area contributed by atoms with Crippen LogP contribution in [0.4, 0.5) is 0 Å². The van der Waals surface area contributed by atoms with Crippen molar-refractivity contribution in [2.24, 2.45) is 5.73 Å². The molecule has 0 aromatic rings. The maximum atomic E-state index is 11.2. The minimum atomic E-state index is -0.934. The summed E-state index contributed by atoms with van der Waals surface area (Å²) < 4.78 is 0. The van der Waals surface area contributed by atoms with Crippen LogP contribution >= 0.6 is 0 Å². The summed E-state index contributed by atoms with van der Waals surface area (Å²) in [7, 11) is 0. The summed E-state index contributed by atoms with van der Waals surface area (Å²) in [5.41, 5.74) is 4.59. The molecular formula is C10H17N3O2. The van der Waals surface area contributed by atoms with Crippen molar-refractivity contribution in [3.8, 4) is 0 Å². The van der Waals surface area contributed by atoms with Crippen LogP contribution in [0.15, 0.2) is 25.3 Å². The minimum Gasteiger partial charge on any atom is -0.329 e. The lowest BCUT2D eigenvalue weighted by Gasteiger charge is -2.32. The molecule has 0 unspecified atom stereocenters. The van der Waals surface area contributed by atoms with E-state index >= 15 is 0 Å². The van der Waals surface area contributed by atoms with E-state index in [1.807, 2.05) is 0 Å². The van der Waals surface area contributed by atoms with Crippen LogP contribution in [0.3, 0.4) is 0 Å². The van der Waals surface area contributed by atoms with Crippen molar-refractivity contribution in [3.63, 3.8) is 0 Å². The van der Waals surface area contributed by atoms with Crippen molar-refractivity contribution >= 4 is 11.8 Å². The summed E-state index contributed by atoms with van der Waals surface area (Å²) in [5.74, 6) is -0.765. The van der Waals surface area contributed by atoms with E-state index in [1.54, 1.807) is 6.92 Å². The Hall–Kier alpha value is -1.62. The lowest BCUT2D eigenvalue weighted by Crippen LogP contribution is -2.64. The highest BCUT2D eigenvalue weighted by atomic mass is 16.2. The fourth-order valence-electron chi connectivity index (χ4n) is 1.03. The summed E-state index contributed by atoms with van der Waals surface area (Å²) in [6.45, 7) is 8.56. The van der Waals surface area contributed by atoms with Gasteiger partial charge in [0.25, 0.3) is 0 Å². The van der Waals surface area contributed by atoms with Crippen LogP contribution in [0.25, 0.3) is 0 Å². The molecule has 0 aromatic heterocycles. The average Bonchev–Trinajstić information content (AvgIpc) is 2.27. The van der Waals surface area contributed by atoms with Crippen LogP contribution in [0.2, 0.25) is 0 Å². The minimum absolute atomic E-state index is 0.0999. The number of rotatable bonds is 6. The molecule has 0 spiro atoms. The van der Waals surface area contributed by atoms with E-state index in [1.165, 1.54) is 0 Å². The number of carbonyl (C=O) groups excluding carboxylic acids is 2. The fourth-order valence-corrected chi connectivity index (χ4v) is 1.03. The number of carbonyl (C=O) groups is 2.